The maximum Gasteiger partial charge on any atom is 0.223 e. The van der Waals surface area contributed by atoms with Crippen LogP contribution in [0.2, 0.25) is 0 Å². The molecule has 0 aliphatic carbocycles. The molecule has 1 aliphatic rings. The Kier molecular flexibility index (Phi) is 2.47. The molecule has 0 radical (unpaired) electrons. The van der Waals surface area contributed by atoms with Crippen molar-refractivity contribution in [1.29, 1.82) is 0 Å². The van der Waals surface area contributed by atoms with Crippen LogP contribution in [0.25, 0.3) is 11.4 Å². The van der Waals surface area contributed by atoms with Crippen molar-refractivity contribution in [3.63, 3.8) is 0 Å². The van der Waals surface area contributed by atoms with E-state index >= 15 is 0 Å². The van der Waals surface area contributed by atoms with Crippen LogP contribution in [0.4, 0.5) is 5.95 Å². The van der Waals surface area contributed by atoms with Gasteiger partial charge in [-0.25, -0.2) is 4.98 Å². The van der Waals surface area contributed by atoms with Crippen LogP contribution in [0.15, 0.2) is 18.2 Å². The molecule has 0 spiro atoms. The minimum Gasteiger partial charge on any atom is -0.486 e. The lowest BCUT2D eigenvalue weighted by molar-refractivity contribution is 0.171. The first-order chi connectivity index (χ1) is 8.72. The average Bonchev–Trinajstić information content (AvgIpc) is 2.37. The molecule has 2 heterocycles. The number of benzene rings is 1. The fourth-order valence-electron chi connectivity index (χ4n) is 1.81. The molecule has 0 bridgehead atoms. The van der Waals surface area contributed by atoms with Crippen molar-refractivity contribution in [2.45, 2.75) is 6.92 Å². The Morgan fingerprint density at radius 1 is 1.06 bits per heavy atom. The van der Waals surface area contributed by atoms with Crippen molar-refractivity contribution in [2.75, 3.05) is 18.9 Å². The molecule has 0 atom stereocenters. The highest BCUT2D eigenvalue weighted by atomic mass is 16.6. The van der Waals surface area contributed by atoms with Crippen LogP contribution in [0.3, 0.4) is 0 Å². The summed E-state index contributed by atoms with van der Waals surface area (Å²) >= 11 is 0. The van der Waals surface area contributed by atoms with Crippen LogP contribution >= 0.6 is 0 Å². The van der Waals surface area contributed by atoms with E-state index < -0.39 is 0 Å². The molecule has 1 aromatic carbocycles. The van der Waals surface area contributed by atoms with Crippen molar-refractivity contribution in [3.8, 4) is 22.9 Å². The molecule has 2 aromatic rings. The normalized spacial score (nSPS) is 13.4. The van der Waals surface area contributed by atoms with E-state index in [2.05, 4.69) is 15.0 Å². The summed E-state index contributed by atoms with van der Waals surface area (Å²) < 4.78 is 11.0. The van der Waals surface area contributed by atoms with Gasteiger partial charge in [-0.05, 0) is 25.1 Å². The summed E-state index contributed by atoms with van der Waals surface area (Å²) in [7, 11) is 0. The molecular formula is C12H12N4O2. The molecule has 3 rings (SSSR count). The predicted molar refractivity (Wildman–Crippen MR) is 65.4 cm³/mol. The molecule has 0 saturated heterocycles. The zero-order chi connectivity index (χ0) is 12.5. The first kappa shape index (κ1) is 10.8. The van der Waals surface area contributed by atoms with Gasteiger partial charge in [0.1, 0.15) is 19.0 Å². The van der Waals surface area contributed by atoms with E-state index in [4.69, 9.17) is 15.2 Å². The highest BCUT2D eigenvalue weighted by molar-refractivity contribution is 5.61. The number of rotatable bonds is 1. The van der Waals surface area contributed by atoms with E-state index in [9.17, 15) is 0 Å². The number of hydrogen-bond acceptors (Lipinski definition) is 6. The SMILES string of the molecule is Cc1nc(N)nc(-c2ccc3c(c2)OCCO3)n1. The van der Waals surface area contributed by atoms with E-state index in [0.717, 1.165) is 11.3 Å². The maximum atomic E-state index is 5.62. The molecule has 6 heteroatoms. The van der Waals surface area contributed by atoms with Gasteiger partial charge in [-0.1, -0.05) is 0 Å². The largest absolute Gasteiger partial charge is 0.486 e. The molecule has 0 amide bonds. The highest BCUT2D eigenvalue weighted by Gasteiger charge is 2.14. The number of fused-ring (bicyclic) bond motifs is 1. The van der Waals surface area contributed by atoms with Gasteiger partial charge in [0.05, 0.1) is 0 Å². The van der Waals surface area contributed by atoms with E-state index in [1.54, 1.807) is 6.92 Å². The van der Waals surface area contributed by atoms with Crippen LogP contribution in [-0.4, -0.2) is 28.2 Å². The zero-order valence-corrected chi connectivity index (χ0v) is 9.88. The number of aromatic nitrogens is 3. The van der Waals surface area contributed by atoms with Crippen molar-refractivity contribution < 1.29 is 9.47 Å². The van der Waals surface area contributed by atoms with Crippen LogP contribution in [0, 0.1) is 6.92 Å². The van der Waals surface area contributed by atoms with Gasteiger partial charge < -0.3 is 15.2 Å². The minimum atomic E-state index is 0.215. The molecule has 0 fully saturated rings. The van der Waals surface area contributed by atoms with Crippen molar-refractivity contribution in [1.82, 2.24) is 15.0 Å². The van der Waals surface area contributed by atoms with E-state index in [1.165, 1.54) is 0 Å². The van der Waals surface area contributed by atoms with Crippen LogP contribution in [0.5, 0.6) is 11.5 Å². The number of hydrogen-bond donors (Lipinski definition) is 1. The molecule has 0 unspecified atom stereocenters. The van der Waals surface area contributed by atoms with Crippen molar-refractivity contribution >= 4 is 5.95 Å². The number of anilines is 1. The van der Waals surface area contributed by atoms with Gasteiger partial charge in [0.15, 0.2) is 17.3 Å². The Hall–Kier alpha value is -2.37. The smallest absolute Gasteiger partial charge is 0.223 e. The van der Waals surface area contributed by atoms with Crippen LogP contribution in [0.1, 0.15) is 5.82 Å². The average molecular weight is 244 g/mol. The van der Waals surface area contributed by atoms with E-state index in [1.807, 2.05) is 18.2 Å². The first-order valence-electron chi connectivity index (χ1n) is 5.60. The first-order valence-corrected chi connectivity index (χ1v) is 5.60. The van der Waals surface area contributed by atoms with Gasteiger partial charge >= 0.3 is 0 Å². The second-order valence-corrected chi connectivity index (χ2v) is 3.92. The van der Waals surface area contributed by atoms with Gasteiger partial charge in [0.2, 0.25) is 5.95 Å². The number of ether oxygens (including phenoxy) is 2. The molecule has 18 heavy (non-hydrogen) atoms. The Bertz CT molecular complexity index is 580. The van der Waals surface area contributed by atoms with Gasteiger partial charge in [0, 0.05) is 5.56 Å². The molecule has 0 saturated carbocycles. The summed E-state index contributed by atoms with van der Waals surface area (Å²) in [6.07, 6.45) is 0. The molecule has 92 valence electrons. The lowest BCUT2D eigenvalue weighted by Gasteiger charge is -2.18. The van der Waals surface area contributed by atoms with E-state index in [-0.39, 0.29) is 5.95 Å². The third-order valence-electron chi connectivity index (χ3n) is 2.56. The summed E-state index contributed by atoms with van der Waals surface area (Å²) in [5.74, 6) is 2.79. The fourth-order valence-corrected chi connectivity index (χ4v) is 1.81. The predicted octanol–water partition coefficient (Wildman–Crippen LogP) is 1.20. The summed E-state index contributed by atoms with van der Waals surface area (Å²) in [5, 5.41) is 0. The van der Waals surface area contributed by atoms with Gasteiger partial charge in [-0.15, -0.1) is 0 Å². The summed E-state index contributed by atoms with van der Waals surface area (Å²) in [6, 6.07) is 5.57. The molecular weight excluding hydrogens is 232 g/mol. The lowest BCUT2D eigenvalue weighted by Crippen LogP contribution is -2.15. The van der Waals surface area contributed by atoms with E-state index in [0.29, 0.717) is 30.6 Å². The standard InChI is InChI=1S/C12H12N4O2/c1-7-14-11(16-12(13)15-7)8-2-3-9-10(6-8)18-5-4-17-9/h2-3,6H,4-5H2,1H3,(H2,13,14,15,16). The Labute approximate surface area is 104 Å². The zero-order valence-electron chi connectivity index (χ0n) is 9.88. The van der Waals surface area contributed by atoms with Crippen LogP contribution < -0.4 is 15.2 Å². The van der Waals surface area contributed by atoms with Gasteiger partial charge in [-0.2, -0.15) is 9.97 Å². The maximum absolute atomic E-state index is 5.62. The Morgan fingerprint density at radius 3 is 2.61 bits per heavy atom. The molecule has 1 aromatic heterocycles. The van der Waals surface area contributed by atoms with Crippen LogP contribution in [-0.2, 0) is 0 Å². The highest BCUT2D eigenvalue weighted by Crippen LogP contribution is 2.33. The van der Waals surface area contributed by atoms with Crippen molar-refractivity contribution in [3.05, 3.63) is 24.0 Å². The topological polar surface area (TPSA) is 83.2 Å². The monoisotopic (exact) mass is 244 g/mol. The van der Waals surface area contributed by atoms with Gasteiger partial charge in [-0.3, -0.25) is 0 Å². The Morgan fingerprint density at radius 2 is 1.83 bits per heavy atom. The quantitative estimate of drug-likeness (QED) is 0.811. The summed E-state index contributed by atoms with van der Waals surface area (Å²) in [4.78, 5) is 12.3. The summed E-state index contributed by atoms with van der Waals surface area (Å²) in [6.45, 7) is 2.90. The van der Waals surface area contributed by atoms with Crippen molar-refractivity contribution in [2.24, 2.45) is 0 Å². The van der Waals surface area contributed by atoms with Gasteiger partial charge in [0.25, 0.3) is 0 Å². The summed E-state index contributed by atoms with van der Waals surface area (Å²) in [5.41, 5.74) is 6.45. The molecule has 6 nitrogen and oxygen atoms in total. The minimum absolute atomic E-state index is 0.215. The molecule has 2 N–H and O–H groups in total. The fraction of sp³-hybridized carbons (Fsp3) is 0.250. The lowest BCUT2D eigenvalue weighted by atomic mass is 10.2. The number of nitrogens with zero attached hydrogens (tertiary/aromatic N) is 3. The third-order valence-corrected chi connectivity index (χ3v) is 2.56. The number of nitrogens with two attached hydrogens (primary N) is 1. The second-order valence-electron chi connectivity index (χ2n) is 3.92. The second kappa shape index (κ2) is 4.14. The molecule has 1 aliphatic heterocycles. The Balaban J connectivity index is 2.06. The number of nitrogen functional groups attached to an aromatic ring is 1. The number of aryl methyl sites for hydroxylation is 1. The third kappa shape index (κ3) is 1.92.